The highest BCUT2D eigenvalue weighted by molar-refractivity contribution is 6.20. The summed E-state index contributed by atoms with van der Waals surface area (Å²) in [6.45, 7) is 2.05. The van der Waals surface area contributed by atoms with E-state index >= 15 is 0 Å². The van der Waals surface area contributed by atoms with Crippen molar-refractivity contribution in [3.8, 4) is 33.4 Å². The molecule has 260 valence electrons. The molecule has 0 unspecified atom stereocenters. The van der Waals surface area contributed by atoms with Crippen LogP contribution in [0.25, 0.3) is 71.4 Å². The SMILES string of the molecule is CC1=C(N)C/C(=C\C=C(/N)c2cccc(-c3ccc4cc5c(cc4c3)C3(c4ccccc4-c4ccccc43)c3c-5c4ccccc4c4ccccc34)c2)C=C1. The van der Waals surface area contributed by atoms with Crippen LogP contribution in [0, 0.1) is 0 Å². The molecule has 0 radical (unpaired) electrons. The first-order valence-corrected chi connectivity index (χ1v) is 19.1. The van der Waals surface area contributed by atoms with E-state index in [1.165, 1.54) is 76.8 Å². The van der Waals surface area contributed by atoms with E-state index in [9.17, 15) is 0 Å². The van der Waals surface area contributed by atoms with Gasteiger partial charge in [-0.25, -0.2) is 0 Å². The summed E-state index contributed by atoms with van der Waals surface area (Å²) in [6, 6.07) is 56.6. The summed E-state index contributed by atoms with van der Waals surface area (Å²) >= 11 is 0. The van der Waals surface area contributed by atoms with E-state index in [1.54, 1.807) is 0 Å². The molecule has 0 aliphatic heterocycles. The molecule has 3 aliphatic rings. The monoisotopic (exact) mass is 702 g/mol. The highest BCUT2D eigenvalue weighted by atomic mass is 14.6. The molecule has 0 aromatic heterocycles. The van der Waals surface area contributed by atoms with Gasteiger partial charge in [-0.1, -0.05) is 146 Å². The van der Waals surface area contributed by atoms with Gasteiger partial charge in [0.2, 0.25) is 0 Å². The molecule has 3 aliphatic carbocycles. The number of hydrogen-bond donors (Lipinski definition) is 2. The number of rotatable bonds is 3. The maximum absolute atomic E-state index is 6.69. The average Bonchev–Trinajstić information content (AvgIpc) is 3.70. The fourth-order valence-electron chi connectivity index (χ4n) is 9.78. The van der Waals surface area contributed by atoms with E-state index in [0.717, 1.165) is 45.7 Å². The van der Waals surface area contributed by atoms with Crippen LogP contribution in [-0.4, -0.2) is 0 Å². The van der Waals surface area contributed by atoms with E-state index in [0.29, 0.717) is 0 Å². The average molecular weight is 703 g/mol. The number of allylic oxidation sites excluding steroid dienone is 6. The van der Waals surface area contributed by atoms with Gasteiger partial charge in [0, 0.05) is 17.8 Å². The van der Waals surface area contributed by atoms with Gasteiger partial charge in [-0.15, -0.1) is 0 Å². The molecule has 0 bridgehead atoms. The minimum Gasteiger partial charge on any atom is -0.402 e. The molecule has 2 heteroatoms. The third-order valence-electron chi connectivity index (χ3n) is 12.4. The normalized spacial score (nSPS) is 15.9. The standard InChI is InChI=1S/C53H38N2/c1-32-21-22-33(27-50(32)55)23-26-49(54)37-12-10-11-34(28-37)35-24-25-36-30-45-48(31-38(36)29-35)53(46-19-8-6-15-41(46)42-16-7-9-20-47(42)53)52-44-18-5-3-14-40(44)39-13-2-4-17-43(39)51(45)52/h2-26,28-31H,27,54-55H2,1H3/b33-23-,49-26-. The molecular formula is C53H38N2. The lowest BCUT2D eigenvalue weighted by Gasteiger charge is -2.32. The van der Waals surface area contributed by atoms with Crippen molar-refractivity contribution in [3.63, 3.8) is 0 Å². The number of benzene rings is 8. The molecule has 8 aromatic carbocycles. The van der Waals surface area contributed by atoms with Crippen LogP contribution < -0.4 is 11.5 Å². The summed E-state index contributed by atoms with van der Waals surface area (Å²) in [7, 11) is 0. The highest BCUT2D eigenvalue weighted by Crippen LogP contribution is 2.65. The molecule has 0 fully saturated rings. The van der Waals surface area contributed by atoms with E-state index in [4.69, 9.17) is 11.5 Å². The van der Waals surface area contributed by atoms with Crippen LogP contribution in [0.1, 0.15) is 41.2 Å². The Morgan fingerprint density at radius 3 is 1.96 bits per heavy atom. The Morgan fingerprint density at radius 1 is 0.564 bits per heavy atom. The highest BCUT2D eigenvalue weighted by Gasteiger charge is 2.53. The van der Waals surface area contributed by atoms with Crippen LogP contribution >= 0.6 is 0 Å². The van der Waals surface area contributed by atoms with Crippen molar-refractivity contribution in [2.75, 3.05) is 0 Å². The maximum Gasteiger partial charge on any atom is 0.0731 e. The minimum absolute atomic E-state index is 0.466. The molecule has 0 saturated heterocycles. The summed E-state index contributed by atoms with van der Waals surface area (Å²) in [5.74, 6) is 0. The first kappa shape index (κ1) is 31.6. The second-order valence-corrected chi connectivity index (χ2v) is 15.3. The first-order valence-electron chi connectivity index (χ1n) is 19.1. The first-order chi connectivity index (χ1) is 27.0. The predicted octanol–water partition coefficient (Wildman–Crippen LogP) is 12.6. The zero-order valence-corrected chi connectivity index (χ0v) is 30.6. The van der Waals surface area contributed by atoms with Crippen molar-refractivity contribution in [2.45, 2.75) is 18.8 Å². The van der Waals surface area contributed by atoms with E-state index in [2.05, 4.69) is 170 Å². The van der Waals surface area contributed by atoms with Gasteiger partial charge in [0.1, 0.15) is 0 Å². The molecule has 11 rings (SSSR count). The Bertz CT molecular complexity index is 3050. The molecular weight excluding hydrogens is 665 g/mol. The predicted molar refractivity (Wildman–Crippen MR) is 232 cm³/mol. The van der Waals surface area contributed by atoms with Crippen LogP contribution in [0.15, 0.2) is 193 Å². The van der Waals surface area contributed by atoms with E-state index in [1.807, 2.05) is 13.0 Å². The summed E-state index contributed by atoms with van der Waals surface area (Å²) in [4.78, 5) is 0. The van der Waals surface area contributed by atoms with Crippen LogP contribution in [0.3, 0.4) is 0 Å². The summed E-state index contributed by atoms with van der Waals surface area (Å²) in [5, 5.41) is 7.67. The van der Waals surface area contributed by atoms with Gasteiger partial charge in [-0.05, 0) is 142 Å². The second-order valence-electron chi connectivity index (χ2n) is 15.3. The van der Waals surface area contributed by atoms with E-state index < -0.39 is 5.41 Å². The van der Waals surface area contributed by atoms with Crippen LogP contribution in [0.5, 0.6) is 0 Å². The topological polar surface area (TPSA) is 52.0 Å². The largest absolute Gasteiger partial charge is 0.402 e. The van der Waals surface area contributed by atoms with Crippen molar-refractivity contribution in [1.29, 1.82) is 0 Å². The van der Waals surface area contributed by atoms with Gasteiger partial charge >= 0.3 is 0 Å². The van der Waals surface area contributed by atoms with Gasteiger partial charge in [0.05, 0.1) is 5.41 Å². The smallest absolute Gasteiger partial charge is 0.0731 e. The molecule has 1 spiro atoms. The molecule has 55 heavy (non-hydrogen) atoms. The molecule has 2 nitrogen and oxygen atoms in total. The van der Waals surface area contributed by atoms with Crippen molar-refractivity contribution in [1.82, 2.24) is 0 Å². The summed E-state index contributed by atoms with van der Waals surface area (Å²) in [5.41, 5.74) is 30.4. The maximum atomic E-state index is 6.69. The van der Waals surface area contributed by atoms with Crippen LogP contribution in [0.4, 0.5) is 0 Å². The Balaban J connectivity index is 1.13. The van der Waals surface area contributed by atoms with Gasteiger partial charge in [-0.3, -0.25) is 0 Å². The Hall–Kier alpha value is -6.90. The number of nitrogens with two attached hydrogens (primary N) is 2. The molecule has 0 amide bonds. The van der Waals surface area contributed by atoms with Crippen molar-refractivity contribution < 1.29 is 0 Å². The number of hydrogen-bond acceptors (Lipinski definition) is 2. The molecule has 0 atom stereocenters. The zero-order valence-electron chi connectivity index (χ0n) is 30.6. The third-order valence-corrected chi connectivity index (χ3v) is 12.4. The number of fused-ring (bicyclic) bond motifs is 16. The fourth-order valence-corrected chi connectivity index (χ4v) is 9.78. The Morgan fingerprint density at radius 2 is 1.22 bits per heavy atom. The van der Waals surface area contributed by atoms with Crippen LogP contribution in [-0.2, 0) is 5.41 Å². The zero-order chi connectivity index (χ0) is 36.8. The van der Waals surface area contributed by atoms with Crippen molar-refractivity contribution in [2.24, 2.45) is 11.5 Å². The fraction of sp³-hybridized carbons (Fsp3) is 0.0566. The third kappa shape index (κ3) is 4.49. The molecule has 8 aromatic rings. The van der Waals surface area contributed by atoms with Crippen molar-refractivity contribution >= 4 is 38.0 Å². The van der Waals surface area contributed by atoms with Gasteiger partial charge in [0.15, 0.2) is 0 Å². The summed E-state index contributed by atoms with van der Waals surface area (Å²) < 4.78 is 0. The lowest BCUT2D eigenvalue weighted by molar-refractivity contribution is 0.803. The van der Waals surface area contributed by atoms with Gasteiger partial charge in [0.25, 0.3) is 0 Å². The molecule has 0 heterocycles. The second kappa shape index (κ2) is 11.8. The van der Waals surface area contributed by atoms with Gasteiger partial charge < -0.3 is 11.5 Å². The minimum atomic E-state index is -0.466. The van der Waals surface area contributed by atoms with Crippen LogP contribution in [0.2, 0.25) is 0 Å². The lowest BCUT2D eigenvalue weighted by atomic mass is 9.69. The Labute approximate surface area is 321 Å². The van der Waals surface area contributed by atoms with Gasteiger partial charge in [-0.2, -0.15) is 0 Å². The van der Waals surface area contributed by atoms with E-state index in [-0.39, 0.29) is 0 Å². The molecule has 4 N–H and O–H groups in total. The summed E-state index contributed by atoms with van der Waals surface area (Å²) in [6.07, 6.45) is 9.00. The molecule has 0 saturated carbocycles. The lowest BCUT2D eigenvalue weighted by Crippen LogP contribution is -2.26. The Kier molecular flexibility index (Phi) is 6.78. The van der Waals surface area contributed by atoms with Crippen molar-refractivity contribution in [3.05, 3.63) is 221 Å². The quantitative estimate of drug-likeness (QED) is 0.180.